The van der Waals surface area contributed by atoms with Crippen LogP contribution in [-0.2, 0) is 11.0 Å². The van der Waals surface area contributed by atoms with Gasteiger partial charge in [-0.05, 0) is 42.3 Å². The maximum absolute atomic E-state index is 13.1. The molecule has 1 N–H and O–H groups in total. The standard InChI is InChI=1S/C21H13ClF3N3O2/c22-15-8-11(10-26)4-5-14(15)19-18-16(6-7-17(18)29)28(20(30)27-19)13-3-1-2-12(9-13)21(23,24)25/h1-5,8-9,19H,6-7H2,(H,27,30). The number of allylic oxidation sites excluding steroid dienone is 1. The van der Waals surface area contributed by atoms with Crippen LogP contribution in [0.4, 0.5) is 23.7 Å². The molecule has 2 amide bonds. The van der Waals surface area contributed by atoms with Crippen LogP contribution in [-0.4, -0.2) is 11.8 Å². The third-order valence-electron chi connectivity index (χ3n) is 5.10. The van der Waals surface area contributed by atoms with Gasteiger partial charge in [0, 0.05) is 22.7 Å². The number of halogens is 4. The fraction of sp³-hybridized carbons (Fsp3) is 0.190. The zero-order valence-corrected chi connectivity index (χ0v) is 16.0. The van der Waals surface area contributed by atoms with Crippen molar-refractivity contribution in [2.24, 2.45) is 0 Å². The van der Waals surface area contributed by atoms with Crippen LogP contribution in [0.1, 0.15) is 35.6 Å². The van der Waals surface area contributed by atoms with Crippen molar-refractivity contribution in [3.8, 4) is 6.07 Å². The Hall–Kier alpha value is -3.31. The lowest BCUT2D eigenvalue weighted by atomic mass is 9.94. The SMILES string of the molecule is N#Cc1ccc(C2NC(=O)N(c3cccc(C(F)(F)F)c3)C3=C2C(=O)CC3)c(Cl)c1. The lowest BCUT2D eigenvalue weighted by Gasteiger charge is -2.35. The number of benzene rings is 2. The molecule has 0 bridgehead atoms. The number of hydrogen-bond donors (Lipinski definition) is 1. The highest BCUT2D eigenvalue weighted by molar-refractivity contribution is 6.31. The van der Waals surface area contributed by atoms with E-state index in [2.05, 4.69) is 5.32 Å². The van der Waals surface area contributed by atoms with E-state index in [1.54, 1.807) is 6.07 Å². The highest BCUT2D eigenvalue weighted by atomic mass is 35.5. The van der Waals surface area contributed by atoms with Crippen LogP contribution in [0, 0.1) is 11.3 Å². The fourth-order valence-electron chi connectivity index (χ4n) is 3.76. The second kappa shape index (κ2) is 7.18. The van der Waals surface area contributed by atoms with Crippen molar-refractivity contribution in [3.05, 3.63) is 75.4 Å². The van der Waals surface area contributed by atoms with Gasteiger partial charge in [0.2, 0.25) is 0 Å². The van der Waals surface area contributed by atoms with E-state index >= 15 is 0 Å². The number of alkyl halides is 3. The number of rotatable bonds is 2. The van der Waals surface area contributed by atoms with Crippen molar-refractivity contribution < 1.29 is 22.8 Å². The summed E-state index contributed by atoms with van der Waals surface area (Å²) in [6, 6.07) is 9.36. The van der Waals surface area contributed by atoms with Crippen LogP contribution < -0.4 is 10.2 Å². The van der Waals surface area contributed by atoms with E-state index in [1.807, 2.05) is 6.07 Å². The first-order valence-corrected chi connectivity index (χ1v) is 9.32. The number of urea groups is 1. The maximum atomic E-state index is 13.1. The minimum Gasteiger partial charge on any atom is -0.326 e. The molecule has 2 aromatic carbocycles. The molecule has 1 heterocycles. The summed E-state index contributed by atoms with van der Waals surface area (Å²) in [6.45, 7) is 0. The molecule has 9 heteroatoms. The quantitative estimate of drug-likeness (QED) is 0.717. The van der Waals surface area contributed by atoms with Crippen molar-refractivity contribution in [1.82, 2.24) is 5.32 Å². The molecular formula is C21H13ClF3N3O2. The number of nitrogens with one attached hydrogen (secondary N) is 1. The molecule has 0 fully saturated rings. The van der Waals surface area contributed by atoms with Crippen LogP contribution >= 0.6 is 11.6 Å². The normalized spacial score (nSPS) is 18.9. The van der Waals surface area contributed by atoms with Gasteiger partial charge in [-0.3, -0.25) is 9.69 Å². The van der Waals surface area contributed by atoms with Gasteiger partial charge in [-0.15, -0.1) is 0 Å². The lowest BCUT2D eigenvalue weighted by molar-refractivity contribution is -0.137. The van der Waals surface area contributed by atoms with Crippen molar-refractivity contribution in [1.29, 1.82) is 5.26 Å². The Labute approximate surface area is 174 Å². The first-order chi connectivity index (χ1) is 14.2. The number of amides is 2. The van der Waals surface area contributed by atoms with Crippen LogP contribution in [0.3, 0.4) is 0 Å². The van der Waals surface area contributed by atoms with Gasteiger partial charge in [0.1, 0.15) is 0 Å². The Kier molecular flexibility index (Phi) is 4.79. The summed E-state index contributed by atoms with van der Waals surface area (Å²) in [4.78, 5) is 26.7. The fourth-order valence-corrected chi connectivity index (χ4v) is 4.05. The number of hydrogen-bond acceptors (Lipinski definition) is 3. The first kappa shape index (κ1) is 20.0. The Balaban J connectivity index is 1.83. The smallest absolute Gasteiger partial charge is 0.326 e. The molecule has 0 spiro atoms. The van der Waals surface area contributed by atoms with E-state index in [1.165, 1.54) is 24.3 Å². The molecule has 1 unspecified atom stereocenters. The van der Waals surface area contributed by atoms with E-state index in [4.69, 9.17) is 16.9 Å². The number of Topliss-reactive ketones (excluding diaryl/α,β-unsaturated/α-hetero) is 1. The third kappa shape index (κ3) is 3.31. The van der Waals surface area contributed by atoms with Gasteiger partial charge in [0.15, 0.2) is 5.78 Å². The number of carbonyl (C=O) groups excluding carboxylic acids is 2. The van der Waals surface area contributed by atoms with Crippen molar-refractivity contribution in [2.45, 2.75) is 25.1 Å². The van der Waals surface area contributed by atoms with E-state index in [0.29, 0.717) is 22.4 Å². The highest BCUT2D eigenvalue weighted by Gasteiger charge is 2.42. The predicted octanol–water partition coefficient (Wildman–Crippen LogP) is 5.12. The van der Waals surface area contributed by atoms with Crippen molar-refractivity contribution >= 4 is 29.1 Å². The van der Waals surface area contributed by atoms with Gasteiger partial charge in [0.25, 0.3) is 0 Å². The zero-order valence-electron chi connectivity index (χ0n) is 15.3. The molecule has 0 aromatic heterocycles. The minimum absolute atomic E-state index is 0.0221. The summed E-state index contributed by atoms with van der Waals surface area (Å²) in [5.41, 5.74) is 0.538. The van der Waals surface area contributed by atoms with Gasteiger partial charge < -0.3 is 5.32 Å². The van der Waals surface area contributed by atoms with Crippen molar-refractivity contribution in [2.75, 3.05) is 4.90 Å². The monoisotopic (exact) mass is 431 g/mol. The maximum Gasteiger partial charge on any atom is 0.416 e. The summed E-state index contributed by atoms with van der Waals surface area (Å²) >= 11 is 6.28. The van der Waals surface area contributed by atoms with Gasteiger partial charge in [-0.2, -0.15) is 18.4 Å². The summed E-state index contributed by atoms with van der Waals surface area (Å²) in [6.07, 6.45) is -4.20. The Morgan fingerprint density at radius 2 is 1.90 bits per heavy atom. The van der Waals surface area contributed by atoms with E-state index in [9.17, 15) is 22.8 Å². The van der Waals surface area contributed by atoms with Crippen LogP contribution in [0.15, 0.2) is 53.7 Å². The lowest BCUT2D eigenvalue weighted by Crippen LogP contribution is -2.47. The summed E-state index contributed by atoms with van der Waals surface area (Å²) in [7, 11) is 0. The molecule has 0 saturated carbocycles. The number of ketones is 1. The molecule has 2 aromatic rings. The average Bonchev–Trinajstić information content (AvgIpc) is 3.08. The topological polar surface area (TPSA) is 73.2 Å². The highest BCUT2D eigenvalue weighted by Crippen LogP contribution is 2.43. The number of carbonyl (C=O) groups is 2. The van der Waals surface area contributed by atoms with Crippen LogP contribution in [0.2, 0.25) is 5.02 Å². The Morgan fingerprint density at radius 1 is 1.13 bits per heavy atom. The van der Waals surface area contributed by atoms with Gasteiger partial charge in [0.05, 0.1) is 28.9 Å². The van der Waals surface area contributed by atoms with Crippen LogP contribution in [0.5, 0.6) is 0 Å². The summed E-state index contributed by atoms with van der Waals surface area (Å²) in [5, 5.41) is 11.9. The van der Waals surface area contributed by atoms with Crippen LogP contribution in [0.25, 0.3) is 0 Å². The molecule has 1 aliphatic heterocycles. The molecule has 30 heavy (non-hydrogen) atoms. The number of anilines is 1. The second-order valence-electron chi connectivity index (χ2n) is 6.90. The van der Waals surface area contributed by atoms with E-state index in [0.717, 1.165) is 17.0 Å². The molecular weight excluding hydrogens is 419 g/mol. The first-order valence-electron chi connectivity index (χ1n) is 8.94. The minimum atomic E-state index is -4.57. The van der Waals surface area contributed by atoms with Gasteiger partial charge in [-0.25, -0.2) is 4.79 Å². The van der Waals surface area contributed by atoms with Gasteiger partial charge >= 0.3 is 12.2 Å². The van der Waals surface area contributed by atoms with Crippen molar-refractivity contribution in [3.63, 3.8) is 0 Å². The number of nitriles is 1. The summed E-state index contributed by atoms with van der Waals surface area (Å²) in [5.74, 6) is -0.215. The van der Waals surface area contributed by atoms with E-state index in [-0.39, 0.29) is 29.3 Å². The molecule has 1 aliphatic carbocycles. The molecule has 4 rings (SSSR count). The Morgan fingerprint density at radius 3 is 2.57 bits per heavy atom. The second-order valence-corrected chi connectivity index (χ2v) is 7.30. The molecule has 0 saturated heterocycles. The number of nitrogens with zero attached hydrogens (tertiary/aromatic N) is 2. The average molecular weight is 432 g/mol. The predicted molar refractivity (Wildman–Crippen MR) is 103 cm³/mol. The van der Waals surface area contributed by atoms with E-state index < -0.39 is 23.8 Å². The zero-order chi connectivity index (χ0) is 21.6. The molecule has 5 nitrogen and oxygen atoms in total. The molecule has 152 valence electrons. The molecule has 2 aliphatic rings. The largest absolute Gasteiger partial charge is 0.416 e. The van der Waals surface area contributed by atoms with Gasteiger partial charge in [-0.1, -0.05) is 23.7 Å². The molecule has 1 atom stereocenters. The Bertz CT molecular complexity index is 1150. The third-order valence-corrected chi connectivity index (χ3v) is 5.43. The molecule has 0 radical (unpaired) electrons. The summed E-state index contributed by atoms with van der Waals surface area (Å²) < 4.78 is 39.4.